The Labute approximate surface area is 83.9 Å². The predicted octanol–water partition coefficient (Wildman–Crippen LogP) is 1.03. The van der Waals surface area contributed by atoms with Crippen molar-refractivity contribution in [1.82, 2.24) is 0 Å². The van der Waals surface area contributed by atoms with Crippen molar-refractivity contribution in [3.05, 3.63) is 0 Å². The lowest BCUT2D eigenvalue weighted by Gasteiger charge is -2.08. The van der Waals surface area contributed by atoms with E-state index in [-0.39, 0.29) is 6.61 Å². The molecule has 82 valence electrons. The number of hydrogen-bond donors (Lipinski definition) is 2. The van der Waals surface area contributed by atoms with Gasteiger partial charge in [-0.25, -0.2) is 0 Å². The van der Waals surface area contributed by atoms with Gasteiger partial charge in [0.05, 0.1) is 18.6 Å². The van der Waals surface area contributed by atoms with E-state index in [0.717, 1.165) is 32.1 Å². The smallest absolute Gasteiger partial charge is 0.309 e. The first-order chi connectivity index (χ1) is 6.71. The van der Waals surface area contributed by atoms with Gasteiger partial charge in [-0.2, -0.15) is 0 Å². The Morgan fingerprint density at radius 1 is 1.29 bits per heavy atom. The molecule has 0 aliphatic heterocycles. The summed E-state index contributed by atoms with van der Waals surface area (Å²) in [6.45, 7) is 1.05. The van der Waals surface area contributed by atoms with E-state index in [4.69, 9.17) is 14.9 Å². The molecule has 0 unspecified atom stereocenters. The number of aliphatic carboxylic acids is 1. The van der Waals surface area contributed by atoms with Gasteiger partial charge in [0.1, 0.15) is 0 Å². The van der Waals surface area contributed by atoms with Crippen molar-refractivity contribution in [3.8, 4) is 0 Å². The normalized spacial score (nSPS) is 18.1. The topological polar surface area (TPSA) is 66.8 Å². The molecule has 0 atom stereocenters. The van der Waals surface area contributed by atoms with Crippen molar-refractivity contribution < 1.29 is 19.7 Å². The standard InChI is InChI=1S/C10H18O4/c11-6-8-14-7-2-1-3-10(4-5-10)9(12)13/h11H,1-8H2,(H,12,13). The third kappa shape index (κ3) is 3.27. The zero-order valence-electron chi connectivity index (χ0n) is 8.37. The molecule has 0 spiro atoms. The van der Waals surface area contributed by atoms with Crippen LogP contribution in [0, 0.1) is 5.41 Å². The molecule has 1 saturated carbocycles. The number of aliphatic hydroxyl groups is 1. The molecule has 1 rings (SSSR count). The van der Waals surface area contributed by atoms with Gasteiger partial charge in [0, 0.05) is 6.61 Å². The molecule has 1 aliphatic rings. The van der Waals surface area contributed by atoms with Crippen LogP contribution in [0.3, 0.4) is 0 Å². The monoisotopic (exact) mass is 202 g/mol. The van der Waals surface area contributed by atoms with Crippen LogP contribution in [0.25, 0.3) is 0 Å². The fourth-order valence-electron chi connectivity index (χ4n) is 1.56. The highest BCUT2D eigenvalue weighted by Crippen LogP contribution is 2.49. The molecular weight excluding hydrogens is 184 g/mol. The van der Waals surface area contributed by atoms with Gasteiger partial charge in [0.25, 0.3) is 0 Å². The van der Waals surface area contributed by atoms with Gasteiger partial charge < -0.3 is 14.9 Å². The minimum Gasteiger partial charge on any atom is -0.481 e. The lowest BCUT2D eigenvalue weighted by molar-refractivity contribution is -0.143. The minimum absolute atomic E-state index is 0.0546. The third-order valence-electron chi connectivity index (χ3n) is 2.74. The largest absolute Gasteiger partial charge is 0.481 e. The van der Waals surface area contributed by atoms with Crippen molar-refractivity contribution in [2.75, 3.05) is 19.8 Å². The van der Waals surface area contributed by atoms with Gasteiger partial charge in [-0.15, -0.1) is 0 Å². The first-order valence-corrected chi connectivity index (χ1v) is 5.13. The van der Waals surface area contributed by atoms with E-state index >= 15 is 0 Å². The number of aliphatic hydroxyl groups excluding tert-OH is 1. The SMILES string of the molecule is O=C(O)C1(CCCCOCCO)CC1. The summed E-state index contributed by atoms with van der Waals surface area (Å²) in [6.07, 6.45) is 4.22. The van der Waals surface area contributed by atoms with Crippen molar-refractivity contribution in [2.24, 2.45) is 5.41 Å². The van der Waals surface area contributed by atoms with E-state index in [1.807, 2.05) is 0 Å². The lowest BCUT2D eigenvalue weighted by atomic mass is 10.00. The molecule has 0 saturated heterocycles. The second-order valence-electron chi connectivity index (χ2n) is 3.88. The number of hydrogen-bond acceptors (Lipinski definition) is 3. The summed E-state index contributed by atoms with van der Waals surface area (Å²) >= 11 is 0. The molecule has 1 aliphatic carbocycles. The van der Waals surface area contributed by atoms with Gasteiger partial charge in [0.15, 0.2) is 0 Å². The Hall–Kier alpha value is -0.610. The number of unbranched alkanes of at least 4 members (excludes halogenated alkanes) is 1. The summed E-state index contributed by atoms with van der Waals surface area (Å²) in [6, 6.07) is 0. The van der Waals surface area contributed by atoms with Crippen LogP contribution in [0.1, 0.15) is 32.1 Å². The maximum Gasteiger partial charge on any atom is 0.309 e. The number of ether oxygens (including phenoxy) is 1. The molecule has 1 fully saturated rings. The number of rotatable bonds is 8. The van der Waals surface area contributed by atoms with Gasteiger partial charge in [0.2, 0.25) is 0 Å². The second-order valence-corrected chi connectivity index (χ2v) is 3.88. The van der Waals surface area contributed by atoms with E-state index in [1.54, 1.807) is 0 Å². The highest BCUT2D eigenvalue weighted by molar-refractivity contribution is 5.77. The highest BCUT2D eigenvalue weighted by Gasteiger charge is 2.49. The summed E-state index contributed by atoms with van der Waals surface area (Å²) in [4.78, 5) is 10.8. The first-order valence-electron chi connectivity index (χ1n) is 5.13. The summed E-state index contributed by atoms with van der Waals surface area (Å²) < 4.78 is 5.08. The molecule has 4 heteroatoms. The second kappa shape index (κ2) is 5.32. The van der Waals surface area contributed by atoms with E-state index < -0.39 is 11.4 Å². The molecule has 0 aromatic carbocycles. The first kappa shape index (κ1) is 11.5. The molecule has 2 N–H and O–H groups in total. The van der Waals surface area contributed by atoms with Crippen LogP contribution in [-0.4, -0.2) is 36.0 Å². The van der Waals surface area contributed by atoms with E-state index in [2.05, 4.69) is 0 Å². The van der Waals surface area contributed by atoms with Crippen molar-refractivity contribution in [2.45, 2.75) is 32.1 Å². The fraction of sp³-hybridized carbons (Fsp3) is 0.900. The van der Waals surface area contributed by atoms with Crippen LogP contribution in [0.2, 0.25) is 0 Å². The maximum absolute atomic E-state index is 10.8. The number of carboxylic acids is 1. The molecule has 0 amide bonds. The highest BCUT2D eigenvalue weighted by atomic mass is 16.5. The third-order valence-corrected chi connectivity index (χ3v) is 2.74. The molecule has 4 nitrogen and oxygen atoms in total. The van der Waals surface area contributed by atoms with Crippen LogP contribution in [0.4, 0.5) is 0 Å². The summed E-state index contributed by atoms with van der Waals surface area (Å²) in [5.41, 5.74) is -0.392. The zero-order valence-corrected chi connectivity index (χ0v) is 8.37. The maximum atomic E-state index is 10.8. The Balaban J connectivity index is 1.96. The molecule has 0 bridgehead atoms. The van der Waals surface area contributed by atoms with Gasteiger partial charge in [-0.05, 0) is 25.7 Å². The van der Waals surface area contributed by atoms with Crippen molar-refractivity contribution in [1.29, 1.82) is 0 Å². The number of carbonyl (C=O) groups is 1. The van der Waals surface area contributed by atoms with Crippen molar-refractivity contribution in [3.63, 3.8) is 0 Å². The average molecular weight is 202 g/mol. The van der Waals surface area contributed by atoms with Crippen LogP contribution >= 0.6 is 0 Å². The molecule has 0 aromatic heterocycles. The van der Waals surface area contributed by atoms with Crippen LogP contribution in [-0.2, 0) is 9.53 Å². The molecule has 14 heavy (non-hydrogen) atoms. The Kier molecular flexibility index (Phi) is 4.35. The van der Waals surface area contributed by atoms with Crippen molar-refractivity contribution >= 4 is 5.97 Å². The van der Waals surface area contributed by atoms with E-state index in [1.165, 1.54) is 0 Å². The summed E-state index contributed by atoms with van der Waals surface area (Å²) in [7, 11) is 0. The zero-order chi connectivity index (χ0) is 10.4. The fourth-order valence-corrected chi connectivity index (χ4v) is 1.56. The lowest BCUT2D eigenvalue weighted by Crippen LogP contribution is -2.14. The summed E-state index contributed by atoms with van der Waals surface area (Å²) in [5.74, 6) is -0.645. The van der Waals surface area contributed by atoms with Gasteiger partial charge in [-0.3, -0.25) is 4.79 Å². The Morgan fingerprint density at radius 2 is 2.00 bits per heavy atom. The van der Waals surface area contributed by atoms with E-state index in [9.17, 15) is 4.79 Å². The Bertz CT molecular complexity index is 187. The van der Waals surface area contributed by atoms with Gasteiger partial charge in [-0.1, -0.05) is 6.42 Å². The quantitative estimate of drug-likeness (QED) is 0.577. The number of carboxylic acid groups (broad SMARTS) is 1. The van der Waals surface area contributed by atoms with E-state index in [0.29, 0.717) is 13.2 Å². The molecule has 0 aromatic rings. The molecule has 0 radical (unpaired) electrons. The predicted molar refractivity (Wildman–Crippen MR) is 51.1 cm³/mol. The average Bonchev–Trinajstić information content (AvgIpc) is 2.92. The van der Waals surface area contributed by atoms with Crippen LogP contribution in [0.15, 0.2) is 0 Å². The van der Waals surface area contributed by atoms with Crippen LogP contribution in [0.5, 0.6) is 0 Å². The minimum atomic E-state index is -0.645. The summed E-state index contributed by atoms with van der Waals surface area (Å²) in [5, 5.41) is 17.3. The molecular formula is C10H18O4. The molecule has 0 heterocycles. The van der Waals surface area contributed by atoms with Gasteiger partial charge >= 0.3 is 5.97 Å². The Morgan fingerprint density at radius 3 is 2.50 bits per heavy atom. The van der Waals surface area contributed by atoms with Crippen LogP contribution < -0.4 is 0 Å².